The van der Waals surface area contributed by atoms with Crippen LogP contribution in [0, 0.1) is 0 Å². The van der Waals surface area contributed by atoms with Crippen LogP contribution in [0.1, 0.15) is 19.4 Å². The number of carbonyl (C=O) groups excluding carboxylic acids is 1. The van der Waals surface area contributed by atoms with E-state index in [1.54, 1.807) is 48.5 Å². The molecule has 3 rings (SSSR count). The van der Waals surface area contributed by atoms with Crippen molar-refractivity contribution in [2.75, 3.05) is 30.2 Å². The van der Waals surface area contributed by atoms with Gasteiger partial charge in [0.05, 0.1) is 23.8 Å². The van der Waals surface area contributed by atoms with Gasteiger partial charge in [0.1, 0.15) is 17.2 Å². The smallest absolute Gasteiger partial charge is 0.417 e. The van der Waals surface area contributed by atoms with Gasteiger partial charge < -0.3 is 29.2 Å². The minimum atomic E-state index is -4.64. The zero-order valence-electron chi connectivity index (χ0n) is 20.7. The molecule has 0 atom stereocenters. The van der Waals surface area contributed by atoms with E-state index in [9.17, 15) is 18.0 Å². The first-order valence-electron chi connectivity index (χ1n) is 11.5. The molecule has 204 valence electrons. The third-order valence-electron chi connectivity index (χ3n) is 4.84. The van der Waals surface area contributed by atoms with E-state index < -0.39 is 30.1 Å². The number of hydrogen-bond donors (Lipinski definition) is 2. The molecule has 3 aromatic rings. The monoisotopic (exact) mass is 570 g/mol. The van der Waals surface area contributed by atoms with Gasteiger partial charge in [-0.25, -0.2) is 4.79 Å². The summed E-state index contributed by atoms with van der Waals surface area (Å²) >= 11 is 5.61. The average molecular weight is 571 g/mol. The van der Waals surface area contributed by atoms with Gasteiger partial charge in [0.2, 0.25) is 0 Å². The molecule has 0 aliphatic heterocycles. The first kappa shape index (κ1) is 29.4. The van der Waals surface area contributed by atoms with Crippen molar-refractivity contribution in [1.82, 2.24) is 0 Å². The number of rotatable bonds is 11. The van der Waals surface area contributed by atoms with Crippen LogP contribution < -0.4 is 20.1 Å². The first-order chi connectivity index (χ1) is 18.0. The lowest BCUT2D eigenvalue weighted by molar-refractivity contribution is -0.137. The molecule has 0 aromatic heterocycles. The van der Waals surface area contributed by atoms with Gasteiger partial charge in [-0.2, -0.15) is 13.2 Å². The maximum absolute atomic E-state index is 13.0. The lowest BCUT2D eigenvalue weighted by Gasteiger charge is -2.23. The predicted octanol–water partition coefficient (Wildman–Crippen LogP) is 8.48. The summed E-state index contributed by atoms with van der Waals surface area (Å²) in [4.78, 5) is 12.3. The number of carbonyl (C=O) groups is 1. The number of benzene rings is 3. The summed E-state index contributed by atoms with van der Waals surface area (Å²) in [7, 11) is -2.38. The molecule has 3 aromatic carbocycles. The Morgan fingerprint density at radius 1 is 0.895 bits per heavy atom. The Hall–Kier alpha value is -3.17. The minimum Gasteiger partial charge on any atom is -0.484 e. The zero-order valence-corrected chi connectivity index (χ0v) is 22.3. The molecule has 0 fully saturated rings. The van der Waals surface area contributed by atoms with E-state index in [4.69, 9.17) is 30.1 Å². The highest BCUT2D eigenvalue weighted by molar-refractivity contribution is 7.64. The van der Waals surface area contributed by atoms with Crippen LogP contribution in [0.4, 0.5) is 29.3 Å². The minimum absolute atomic E-state index is 0.0537. The second-order valence-electron chi connectivity index (χ2n) is 7.80. The second kappa shape index (κ2) is 13.1. The summed E-state index contributed by atoms with van der Waals surface area (Å²) in [6.07, 6.45) is -0.403. The highest BCUT2D eigenvalue weighted by Crippen LogP contribution is 2.47. The summed E-state index contributed by atoms with van der Waals surface area (Å²) in [6, 6.07) is 15.8. The molecular formula is C26H27ClF3N2O5P. The quantitative estimate of drug-likeness (QED) is 0.226. The molecule has 0 radical (unpaired) electrons. The third-order valence-corrected chi connectivity index (χ3v) is 7.15. The van der Waals surface area contributed by atoms with Crippen LogP contribution in [0.15, 0.2) is 66.7 Å². The van der Waals surface area contributed by atoms with E-state index in [1.165, 1.54) is 6.07 Å². The van der Waals surface area contributed by atoms with Gasteiger partial charge in [-0.3, -0.25) is 0 Å². The van der Waals surface area contributed by atoms with Crippen molar-refractivity contribution < 1.29 is 36.5 Å². The molecule has 0 aliphatic carbocycles. The lowest BCUT2D eigenvalue weighted by atomic mass is 10.2. The number of ether oxygens (including phenoxy) is 2. The van der Waals surface area contributed by atoms with Gasteiger partial charge in [0.25, 0.3) is 0 Å². The molecule has 0 unspecified atom stereocenters. The first-order valence-corrected chi connectivity index (χ1v) is 13.9. The summed E-state index contributed by atoms with van der Waals surface area (Å²) in [5.41, 5.74) is -0.689. The molecule has 2 N–H and O–H groups in total. The van der Waals surface area contributed by atoms with Gasteiger partial charge >= 0.3 is 12.2 Å². The third kappa shape index (κ3) is 8.70. The van der Waals surface area contributed by atoms with Crippen LogP contribution in [0.2, 0.25) is 5.02 Å². The van der Waals surface area contributed by atoms with Crippen molar-refractivity contribution in [2.24, 2.45) is 0 Å². The van der Waals surface area contributed by atoms with E-state index >= 15 is 0 Å². The second-order valence-corrected chi connectivity index (χ2v) is 10.6. The number of halogens is 4. The average Bonchev–Trinajstić information content (AvgIpc) is 2.85. The van der Waals surface area contributed by atoms with Crippen molar-refractivity contribution in [3.05, 3.63) is 77.3 Å². The van der Waals surface area contributed by atoms with Crippen molar-refractivity contribution in [2.45, 2.75) is 20.0 Å². The molecule has 0 saturated heterocycles. The van der Waals surface area contributed by atoms with Gasteiger partial charge in [-0.15, -0.1) is 0 Å². The molecular weight excluding hydrogens is 544 g/mol. The van der Waals surface area contributed by atoms with Crippen LogP contribution in [-0.2, 0) is 15.2 Å². The van der Waals surface area contributed by atoms with Gasteiger partial charge in [0.15, 0.2) is 13.7 Å². The van der Waals surface area contributed by atoms with E-state index in [0.717, 1.165) is 12.1 Å². The largest absolute Gasteiger partial charge is 0.484 e. The van der Waals surface area contributed by atoms with Gasteiger partial charge in [-0.1, -0.05) is 17.7 Å². The topological polar surface area (TPSA) is 78.1 Å². The highest BCUT2D eigenvalue weighted by Gasteiger charge is 2.33. The van der Waals surface area contributed by atoms with Gasteiger partial charge in [0, 0.05) is 17.4 Å². The highest BCUT2D eigenvalue weighted by atomic mass is 35.5. The fourth-order valence-corrected chi connectivity index (χ4v) is 4.97. The molecule has 0 aliphatic rings. The Labute approximate surface area is 223 Å². The molecule has 0 heterocycles. The molecule has 0 saturated carbocycles. The summed E-state index contributed by atoms with van der Waals surface area (Å²) < 4.78 is 62.1. The van der Waals surface area contributed by atoms with Crippen molar-refractivity contribution >= 4 is 42.6 Å². The molecule has 0 spiro atoms. The molecule has 12 heteroatoms. The lowest BCUT2D eigenvalue weighted by Crippen LogP contribution is -2.19. The maximum atomic E-state index is 13.0. The number of anilines is 2. The number of alkyl halides is 3. The predicted molar refractivity (Wildman–Crippen MR) is 145 cm³/mol. The van der Waals surface area contributed by atoms with Crippen LogP contribution in [0.25, 0.3) is 0 Å². The van der Waals surface area contributed by atoms with E-state index in [2.05, 4.69) is 16.9 Å². The fourth-order valence-electron chi connectivity index (χ4n) is 3.24. The number of hydrogen-bond acceptors (Lipinski definition) is 5. The Bertz CT molecular complexity index is 1280. The fraction of sp³-hybridized carbons (Fsp3) is 0.231. The van der Waals surface area contributed by atoms with Crippen LogP contribution in [0.3, 0.4) is 0 Å². The van der Waals surface area contributed by atoms with Crippen LogP contribution >= 0.6 is 18.9 Å². The van der Waals surface area contributed by atoms with Crippen LogP contribution in [0.5, 0.6) is 17.2 Å². The number of amides is 2. The number of nitrogens with one attached hydrogen (secondary N) is 2. The van der Waals surface area contributed by atoms with E-state index in [1.807, 2.05) is 13.8 Å². The molecule has 38 heavy (non-hydrogen) atoms. The standard InChI is InChI=1S/C26H27ClF3N2O5P/c1-4-35-38(3,36-5-2)17-34-21-7-6-8-22(16-21)37-20-12-9-18(10-13-20)31-25(33)32-19-11-14-24(27)23(15-19)26(28,29)30/h6-16H,3-5,17H2,1-2H3,(H2,31,32,33). The van der Waals surface area contributed by atoms with Crippen LogP contribution in [-0.4, -0.2) is 31.9 Å². The Kier molecular flexibility index (Phi) is 10.1. The zero-order chi connectivity index (χ0) is 27.8. The van der Waals surface area contributed by atoms with Crippen molar-refractivity contribution in [3.63, 3.8) is 0 Å². The van der Waals surface area contributed by atoms with E-state index in [-0.39, 0.29) is 12.0 Å². The molecule has 2 amide bonds. The Balaban J connectivity index is 1.58. The van der Waals surface area contributed by atoms with Crippen molar-refractivity contribution in [1.29, 1.82) is 0 Å². The van der Waals surface area contributed by atoms with Crippen molar-refractivity contribution in [3.8, 4) is 17.2 Å². The Morgan fingerprint density at radius 3 is 2.13 bits per heavy atom. The molecule has 0 bridgehead atoms. The summed E-state index contributed by atoms with van der Waals surface area (Å²) in [5.74, 6) is 1.56. The van der Waals surface area contributed by atoms with Gasteiger partial charge in [-0.05, 0) is 74.7 Å². The van der Waals surface area contributed by atoms with E-state index in [0.29, 0.717) is 36.1 Å². The summed E-state index contributed by atoms with van der Waals surface area (Å²) in [5, 5.41) is 4.45. The normalized spacial score (nSPS) is 11.6. The SMILES string of the molecule is C=P(COc1cccc(Oc2ccc(NC(=O)Nc3ccc(Cl)c(C(F)(F)F)c3)cc2)c1)(OCC)OCC. The number of urea groups is 1. The Morgan fingerprint density at radius 2 is 1.50 bits per heavy atom. The molecule has 7 nitrogen and oxygen atoms in total. The maximum Gasteiger partial charge on any atom is 0.417 e. The summed E-state index contributed by atoms with van der Waals surface area (Å²) in [6.45, 7) is 4.67.